The average Bonchev–Trinajstić information content (AvgIpc) is 3.06. The van der Waals surface area contributed by atoms with Gasteiger partial charge < -0.3 is 9.88 Å². The molecule has 0 radical (unpaired) electrons. The molecule has 25 heavy (non-hydrogen) atoms. The van der Waals surface area contributed by atoms with Gasteiger partial charge in [0.05, 0.1) is 5.69 Å². The molecule has 0 aliphatic carbocycles. The molecule has 0 aliphatic heterocycles. The monoisotopic (exact) mass is 417 g/mol. The number of thiazole rings is 1. The van der Waals surface area contributed by atoms with Crippen molar-refractivity contribution in [3.05, 3.63) is 68.4 Å². The number of benzene rings is 1. The number of pyridine rings is 1. The van der Waals surface area contributed by atoms with Crippen molar-refractivity contribution in [2.24, 2.45) is 0 Å². The van der Waals surface area contributed by atoms with Crippen LogP contribution < -0.4 is 10.9 Å². The maximum atomic E-state index is 12.2. The van der Waals surface area contributed by atoms with Crippen molar-refractivity contribution in [3.8, 4) is 11.3 Å². The van der Waals surface area contributed by atoms with Gasteiger partial charge in [0.2, 0.25) is 5.91 Å². The van der Waals surface area contributed by atoms with E-state index < -0.39 is 0 Å². The maximum Gasteiger partial charge on any atom is 0.251 e. The second-order valence-corrected chi connectivity index (χ2v) is 7.22. The molecule has 128 valence electrons. The van der Waals surface area contributed by atoms with Crippen LogP contribution in [0.5, 0.6) is 0 Å². The summed E-state index contributed by atoms with van der Waals surface area (Å²) >= 11 is 4.65. The number of carbonyl (C=O) groups excluding carboxylic acids is 1. The number of rotatable bonds is 5. The molecule has 3 aromatic rings. The molecule has 0 fully saturated rings. The van der Waals surface area contributed by atoms with Crippen molar-refractivity contribution in [2.45, 2.75) is 19.9 Å². The van der Waals surface area contributed by atoms with E-state index in [0.29, 0.717) is 5.13 Å². The number of halogens is 1. The van der Waals surface area contributed by atoms with Crippen LogP contribution in [0.25, 0.3) is 11.3 Å². The van der Waals surface area contributed by atoms with Crippen LogP contribution in [0.1, 0.15) is 12.5 Å². The first-order valence-corrected chi connectivity index (χ1v) is 9.43. The molecule has 0 bridgehead atoms. The van der Waals surface area contributed by atoms with Crippen LogP contribution in [0.2, 0.25) is 0 Å². The summed E-state index contributed by atoms with van der Waals surface area (Å²) in [4.78, 5) is 28.4. The normalized spacial score (nSPS) is 10.6. The van der Waals surface area contributed by atoms with E-state index in [-0.39, 0.29) is 18.0 Å². The molecule has 2 aromatic heterocycles. The van der Waals surface area contributed by atoms with Crippen molar-refractivity contribution in [3.63, 3.8) is 0 Å². The van der Waals surface area contributed by atoms with Gasteiger partial charge in [-0.05, 0) is 34.0 Å². The zero-order chi connectivity index (χ0) is 17.8. The SMILES string of the molecule is CCc1ccc(-c2csc(NC(=O)Cn3cc(Br)ccc3=O)n2)cc1. The summed E-state index contributed by atoms with van der Waals surface area (Å²) in [6, 6.07) is 11.3. The molecule has 1 amide bonds. The van der Waals surface area contributed by atoms with Gasteiger partial charge in [-0.3, -0.25) is 9.59 Å². The van der Waals surface area contributed by atoms with Crippen LogP contribution in [0, 0.1) is 0 Å². The van der Waals surface area contributed by atoms with Crippen LogP contribution in [-0.2, 0) is 17.8 Å². The fourth-order valence-corrected chi connectivity index (χ4v) is 3.43. The number of hydrogen-bond acceptors (Lipinski definition) is 4. The first-order chi connectivity index (χ1) is 12.0. The number of hydrogen-bond donors (Lipinski definition) is 1. The van der Waals surface area contributed by atoms with E-state index in [9.17, 15) is 9.59 Å². The highest BCUT2D eigenvalue weighted by atomic mass is 79.9. The maximum absolute atomic E-state index is 12.2. The molecule has 1 N–H and O–H groups in total. The molecule has 0 saturated carbocycles. The number of nitrogens with one attached hydrogen (secondary N) is 1. The number of carbonyl (C=O) groups is 1. The molecule has 0 atom stereocenters. The Labute approximate surface area is 157 Å². The summed E-state index contributed by atoms with van der Waals surface area (Å²) in [5.74, 6) is -0.289. The Morgan fingerprint density at radius 3 is 2.72 bits per heavy atom. The molecular weight excluding hydrogens is 402 g/mol. The van der Waals surface area contributed by atoms with Gasteiger partial charge >= 0.3 is 0 Å². The molecule has 3 rings (SSSR count). The van der Waals surface area contributed by atoms with Gasteiger partial charge in [0.25, 0.3) is 5.56 Å². The summed E-state index contributed by atoms with van der Waals surface area (Å²) in [7, 11) is 0. The smallest absolute Gasteiger partial charge is 0.251 e. The molecule has 1 aromatic carbocycles. The molecule has 5 nitrogen and oxygen atoms in total. The Balaban J connectivity index is 1.69. The van der Waals surface area contributed by atoms with Crippen LogP contribution in [0.15, 0.2) is 57.2 Å². The van der Waals surface area contributed by atoms with Gasteiger partial charge in [0.15, 0.2) is 5.13 Å². The number of aryl methyl sites for hydroxylation is 1. The third-order valence-electron chi connectivity index (χ3n) is 3.67. The predicted octanol–water partition coefficient (Wildman–Crippen LogP) is 3.94. The number of amides is 1. The highest BCUT2D eigenvalue weighted by molar-refractivity contribution is 9.10. The zero-order valence-corrected chi connectivity index (χ0v) is 15.9. The minimum absolute atomic E-state index is 0.0572. The lowest BCUT2D eigenvalue weighted by Crippen LogP contribution is -2.26. The van der Waals surface area contributed by atoms with Crippen LogP contribution >= 0.6 is 27.3 Å². The van der Waals surface area contributed by atoms with E-state index in [4.69, 9.17) is 0 Å². The Hall–Kier alpha value is -2.25. The van der Waals surface area contributed by atoms with Gasteiger partial charge in [0.1, 0.15) is 6.54 Å². The summed E-state index contributed by atoms with van der Waals surface area (Å²) < 4.78 is 2.09. The van der Waals surface area contributed by atoms with Gasteiger partial charge in [0, 0.05) is 27.7 Å². The summed E-state index contributed by atoms with van der Waals surface area (Å²) in [6.45, 7) is 2.06. The van der Waals surface area contributed by atoms with E-state index in [2.05, 4.69) is 45.3 Å². The molecule has 0 saturated heterocycles. The van der Waals surface area contributed by atoms with E-state index in [1.807, 2.05) is 17.5 Å². The van der Waals surface area contributed by atoms with E-state index in [1.54, 1.807) is 12.3 Å². The summed E-state index contributed by atoms with van der Waals surface area (Å²) in [6.07, 6.45) is 2.58. The minimum Gasteiger partial charge on any atom is -0.305 e. The molecule has 7 heteroatoms. The molecule has 2 heterocycles. The first-order valence-electron chi connectivity index (χ1n) is 7.76. The molecular formula is C18H16BrN3O2S. The largest absolute Gasteiger partial charge is 0.305 e. The van der Waals surface area contributed by atoms with E-state index in [0.717, 1.165) is 22.2 Å². The van der Waals surface area contributed by atoms with Crippen molar-refractivity contribution in [1.29, 1.82) is 0 Å². The lowest BCUT2D eigenvalue weighted by molar-refractivity contribution is -0.116. The fourth-order valence-electron chi connectivity index (χ4n) is 2.31. The van der Waals surface area contributed by atoms with Crippen LogP contribution in [-0.4, -0.2) is 15.5 Å². The van der Waals surface area contributed by atoms with Crippen molar-refractivity contribution in [2.75, 3.05) is 5.32 Å². The molecule has 0 spiro atoms. The Bertz CT molecular complexity index is 947. The van der Waals surface area contributed by atoms with E-state index in [1.165, 1.54) is 27.5 Å². The molecule has 0 aliphatic rings. The third-order valence-corrected chi connectivity index (χ3v) is 4.90. The number of aromatic nitrogens is 2. The highest BCUT2D eigenvalue weighted by Crippen LogP contribution is 2.25. The highest BCUT2D eigenvalue weighted by Gasteiger charge is 2.09. The number of nitrogens with zero attached hydrogens (tertiary/aromatic N) is 2. The quantitative estimate of drug-likeness (QED) is 0.683. The molecule has 0 unspecified atom stereocenters. The topological polar surface area (TPSA) is 64.0 Å². The van der Waals surface area contributed by atoms with Gasteiger partial charge in [-0.1, -0.05) is 31.2 Å². The Morgan fingerprint density at radius 1 is 1.24 bits per heavy atom. The lowest BCUT2D eigenvalue weighted by Gasteiger charge is -2.05. The van der Waals surface area contributed by atoms with Gasteiger partial charge in [-0.25, -0.2) is 4.98 Å². The number of anilines is 1. The van der Waals surface area contributed by atoms with Gasteiger partial charge in [-0.15, -0.1) is 11.3 Å². The summed E-state index contributed by atoms with van der Waals surface area (Å²) in [5.41, 5.74) is 2.88. The van der Waals surface area contributed by atoms with Crippen LogP contribution in [0.3, 0.4) is 0 Å². The van der Waals surface area contributed by atoms with E-state index >= 15 is 0 Å². The fraction of sp³-hybridized carbons (Fsp3) is 0.167. The second kappa shape index (κ2) is 7.76. The summed E-state index contributed by atoms with van der Waals surface area (Å²) in [5, 5.41) is 5.16. The van der Waals surface area contributed by atoms with Crippen LogP contribution in [0.4, 0.5) is 5.13 Å². The average molecular weight is 418 g/mol. The predicted molar refractivity (Wildman–Crippen MR) is 104 cm³/mol. The first kappa shape index (κ1) is 17.6. The minimum atomic E-state index is -0.289. The van der Waals surface area contributed by atoms with Crippen molar-refractivity contribution >= 4 is 38.3 Å². The van der Waals surface area contributed by atoms with Crippen molar-refractivity contribution in [1.82, 2.24) is 9.55 Å². The third kappa shape index (κ3) is 4.43. The Kier molecular flexibility index (Phi) is 5.45. The lowest BCUT2D eigenvalue weighted by atomic mass is 10.1. The zero-order valence-electron chi connectivity index (χ0n) is 13.5. The standard InChI is InChI=1S/C18H16BrN3O2S/c1-2-12-3-5-13(6-4-12)15-11-25-18(20-15)21-16(23)10-22-9-14(19)7-8-17(22)24/h3-9,11H,2,10H2,1H3,(H,20,21,23). The Morgan fingerprint density at radius 2 is 2.00 bits per heavy atom. The van der Waals surface area contributed by atoms with Gasteiger partial charge in [-0.2, -0.15) is 0 Å². The second-order valence-electron chi connectivity index (χ2n) is 5.45. The van der Waals surface area contributed by atoms with Crippen molar-refractivity contribution < 1.29 is 4.79 Å².